The number of hydrogen-bond donors (Lipinski definition) is 1. The second-order valence-corrected chi connectivity index (χ2v) is 6.20. The van der Waals surface area contributed by atoms with Gasteiger partial charge in [-0.3, -0.25) is 0 Å². The molecule has 2 rings (SSSR count). The lowest BCUT2D eigenvalue weighted by Gasteiger charge is -2.29. The number of para-hydroxylation sites is 1. The van der Waals surface area contributed by atoms with Crippen LogP contribution in [0.1, 0.15) is 70.0 Å². The molecular formula is C19H31NO. The lowest BCUT2D eigenvalue weighted by atomic mass is 9.85. The van der Waals surface area contributed by atoms with Gasteiger partial charge < -0.3 is 10.1 Å². The first-order chi connectivity index (χ1) is 10.3. The number of benzene rings is 1. The Morgan fingerprint density at radius 2 is 1.86 bits per heavy atom. The maximum Gasteiger partial charge on any atom is 0.127 e. The molecule has 0 fully saturated rings. The Labute approximate surface area is 130 Å². The molecule has 2 heteroatoms. The highest BCUT2D eigenvalue weighted by molar-refractivity contribution is 5.45. The molecule has 0 amide bonds. The van der Waals surface area contributed by atoms with Crippen molar-refractivity contribution in [3.8, 4) is 5.75 Å². The van der Waals surface area contributed by atoms with Gasteiger partial charge in [-0.15, -0.1) is 0 Å². The third-order valence-corrected chi connectivity index (χ3v) is 4.48. The minimum atomic E-state index is 0.442. The van der Waals surface area contributed by atoms with Crippen LogP contribution in [0.2, 0.25) is 0 Å². The summed E-state index contributed by atoms with van der Waals surface area (Å²) in [4.78, 5) is 0. The summed E-state index contributed by atoms with van der Waals surface area (Å²) in [7, 11) is 0. The number of rotatable bonds is 9. The summed E-state index contributed by atoms with van der Waals surface area (Å²) in [5.74, 6) is 1.88. The van der Waals surface area contributed by atoms with E-state index in [1.54, 1.807) is 0 Å². The zero-order valence-electron chi connectivity index (χ0n) is 14.0. The molecule has 0 radical (unpaired) electrons. The number of fused-ring (bicyclic) bond motifs is 1. The highest BCUT2D eigenvalue weighted by Crippen LogP contribution is 2.39. The number of hydrogen-bond acceptors (Lipinski definition) is 2. The van der Waals surface area contributed by atoms with Crippen LogP contribution in [-0.4, -0.2) is 13.2 Å². The van der Waals surface area contributed by atoms with Gasteiger partial charge in [-0.2, -0.15) is 0 Å². The molecule has 118 valence electrons. The maximum absolute atomic E-state index is 5.96. The van der Waals surface area contributed by atoms with E-state index in [9.17, 15) is 0 Å². The largest absolute Gasteiger partial charge is 0.493 e. The van der Waals surface area contributed by atoms with Crippen molar-refractivity contribution in [2.24, 2.45) is 5.92 Å². The van der Waals surface area contributed by atoms with Crippen molar-refractivity contribution in [2.75, 3.05) is 13.2 Å². The van der Waals surface area contributed by atoms with Crippen molar-refractivity contribution in [2.45, 2.75) is 65.3 Å². The fourth-order valence-corrected chi connectivity index (χ4v) is 3.54. The molecule has 0 saturated carbocycles. The van der Waals surface area contributed by atoms with Gasteiger partial charge in [0.1, 0.15) is 5.75 Å². The second kappa shape index (κ2) is 8.43. The monoisotopic (exact) mass is 289 g/mol. The maximum atomic E-state index is 5.96. The van der Waals surface area contributed by atoms with Crippen LogP contribution < -0.4 is 10.1 Å². The molecular weight excluding hydrogens is 258 g/mol. The van der Waals surface area contributed by atoms with Crippen LogP contribution in [0.3, 0.4) is 0 Å². The summed E-state index contributed by atoms with van der Waals surface area (Å²) in [6.07, 6.45) is 7.33. The average Bonchev–Trinajstić information content (AvgIpc) is 2.97. The zero-order chi connectivity index (χ0) is 15.1. The van der Waals surface area contributed by atoms with Crippen LogP contribution in [0.25, 0.3) is 0 Å². The average molecular weight is 289 g/mol. The summed E-state index contributed by atoms with van der Waals surface area (Å²) in [6, 6.07) is 7.14. The molecule has 0 aliphatic carbocycles. The molecule has 0 saturated heterocycles. The van der Waals surface area contributed by atoms with Crippen LogP contribution in [0.4, 0.5) is 0 Å². The molecule has 1 N–H and O–H groups in total. The molecule has 0 aromatic heterocycles. The Kier molecular flexibility index (Phi) is 6.56. The van der Waals surface area contributed by atoms with Gasteiger partial charge in [-0.1, -0.05) is 51.8 Å². The summed E-state index contributed by atoms with van der Waals surface area (Å²) < 4.78 is 5.96. The highest BCUT2D eigenvalue weighted by Gasteiger charge is 2.27. The van der Waals surface area contributed by atoms with Gasteiger partial charge in [-0.25, -0.2) is 0 Å². The van der Waals surface area contributed by atoms with Crippen LogP contribution in [0.5, 0.6) is 5.75 Å². The van der Waals surface area contributed by atoms with Gasteiger partial charge in [0.05, 0.1) is 6.61 Å². The normalized spacial score (nSPS) is 15.0. The van der Waals surface area contributed by atoms with Crippen LogP contribution >= 0.6 is 0 Å². The topological polar surface area (TPSA) is 21.3 Å². The Balaban J connectivity index is 2.28. The van der Waals surface area contributed by atoms with E-state index in [0.29, 0.717) is 12.0 Å². The quantitative estimate of drug-likeness (QED) is 0.699. The molecule has 21 heavy (non-hydrogen) atoms. The SMILES string of the molecule is CCCNC(c1cccc2c1OCC2)C(CCC)CCC. The first-order valence-electron chi connectivity index (χ1n) is 8.79. The summed E-state index contributed by atoms with van der Waals surface area (Å²) in [6.45, 7) is 8.76. The van der Waals surface area contributed by atoms with Gasteiger partial charge in [-0.05, 0) is 37.3 Å². The molecule has 1 atom stereocenters. The van der Waals surface area contributed by atoms with Crippen LogP contribution in [0.15, 0.2) is 18.2 Å². The van der Waals surface area contributed by atoms with Crippen molar-refractivity contribution >= 4 is 0 Å². The molecule has 2 nitrogen and oxygen atoms in total. The van der Waals surface area contributed by atoms with Gasteiger partial charge in [0, 0.05) is 18.0 Å². The first kappa shape index (κ1) is 16.4. The van der Waals surface area contributed by atoms with E-state index in [1.807, 2.05) is 0 Å². The van der Waals surface area contributed by atoms with Crippen molar-refractivity contribution in [3.63, 3.8) is 0 Å². The summed E-state index contributed by atoms with van der Waals surface area (Å²) in [5.41, 5.74) is 2.79. The smallest absolute Gasteiger partial charge is 0.127 e. The third-order valence-electron chi connectivity index (χ3n) is 4.48. The van der Waals surface area contributed by atoms with Gasteiger partial charge >= 0.3 is 0 Å². The molecule has 1 heterocycles. The van der Waals surface area contributed by atoms with Crippen molar-refractivity contribution in [1.82, 2.24) is 5.32 Å². The first-order valence-corrected chi connectivity index (χ1v) is 8.79. The fourth-order valence-electron chi connectivity index (χ4n) is 3.54. The van der Waals surface area contributed by atoms with Crippen LogP contribution in [0, 0.1) is 5.92 Å². The second-order valence-electron chi connectivity index (χ2n) is 6.20. The minimum absolute atomic E-state index is 0.442. The van der Waals surface area contributed by atoms with E-state index in [2.05, 4.69) is 44.3 Å². The Hall–Kier alpha value is -1.02. The van der Waals surface area contributed by atoms with E-state index in [0.717, 1.165) is 19.6 Å². The molecule has 1 aromatic carbocycles. The number of ether oxygens (including phenoxy) is 1. The van der Waals surface area contributed by atoms with Crippen LogP contribution in [-0.2, 0) is 6.42 Å². The Bertz CT molecular complexity index is 424. The lowest BCUT2D eigenvalue weighted by molar-refractivity contribution is 0.299. The van der Waals surface area contributed by atoms with Gasteiger partial charge in [0.25, 0.3) is 0 Å². The van der Waals surface area contributed by atoms with Gasteiger partial charge in [0.15, 0.2) is 0 Å². The highest BCUT2D eigenvalue weighted by atomic mass is 16.5. The van der Waals surface area contributed by atoms with Crippen molar-refractivity contribution in [1.29, 1.82) is 0 Å². The van der Waals surface area contributed by atoms with Gasteiger partial charge in [0.2, 0.25) is 0 Å². The molecule has 0 bridgehead atoms. The predicted octanol–water partition coefficient (Wildman–Crippen LogP) is 4.88. The van der Waals surface area contributed by atoms with Crippen molar-refractivity contribution < 1.29 is 4.74 Å². The predicted molar refractivity (Wildman–Crippen MR) is 90.0 cm³/mol. The van der Waals surface area contributed by atoms with E-state index in [1.165, 1.54) is 49.0 Å². The molecule has 1 aliphatic heterocycles. The lowest BCUT2D eigenvalue weighted by Crippen LogP contribution is -2.29. The van der Waals surface area contributed by atoms with E-state index in [-0.39, 0.29) is 0 Å². The Morgan fingerprint density at radius 1 is 1.10 bits per heavy atom. The van der Waals surface area contributed by atoms with E-state index < -0.39 is 0 Å². The summed E-state index contributed by atoms with van der Waals surface area (Å²) in [5, 5.41) is 3.81. The summed E-state index contributed by atoms with van der Waals surface area (Å²) >= 11 is 0. The van der Waals surface area contributed by atoms with E-state index >= 15 is 0 Å². The fraction of sp³-hybridized carbons (Fsp3) is 0.684. The molecule has 1 aromatic rings. The standard InChI is InChI=1S/C19H31NO/c1-4-8-15(9-5-2)18(20-13-6-3)17-11-7-10-16-12-14-21-19(16)17/h7,10-11,15,18,20H,4-6,8-9,12-14H2,1-3H3. The van der Waals surface area contributed by atoms with Crippen molar-refractivity contribution in [3.05, 3.63) is 29.3 Å². The zero-order valence-corrected chi connectivity index (χ0v) is 14.0. The third kappa shape index (κ3) is 4.00. The molecule has 0 spiro atoms. The minimum Gasteiger partial charge on any atom is -0.493 e. The number of nitrogens with one attached hydrogen (secondary N) is 1. The Morgan fingerprint density at radius 3 is 2.52 bits per heavy atom. The molecule has 1 unspecified atom stereocenters. The van der Waals surface area contributed by atoms with E-state index in [4.69, 9.17) is 4.74 Å². The molecule has 1 aliphatic rings.